The van der Waals surface area contributed by atoms with E-state index in [1.54, 1.807) is 18.2 Å². The van der Waals surface area contributed by atoms with Crippen LogP contribution in [0.25, 0.3) is 0 Å². The quantitative estimate of drug-likeness (QED) is 0.929. The minimum absolute atomic E-state index is 0.451. The average Bonchev–Trinajstić information content (AvgIpc) is 2.09. The van der Waals surface area contributed by atoms with E-state index >= 15 is 0 Å². The largest absolute Gasteiger partial charge is 0.478 e. The predicted octanol–water partition coefficient (Wildman–Crippen LogP) is 3.34. The molecule has 0 aliphatic heterocycles. The highest BCUT2D eigenvalue weighted by Crippen LogP contribution is 2.30. The Balaban J connectivity index is 2.95. The summed E-state index contributed by atoms with van der Waals surface area (Å²) < 4.78 is 5.97. The SMILES string of the molecule is CC(C)(Oc1ccc(Cl)cc1Br)C(=O)O. The van der Waals surface area contributed by atoms with Crippen molar-refractivity contribution in [3.63, 3.8) is 0 Å². The van der Waals surface area contributed by atoms with E-state index in [1.807, 2.05) is 0 Å². The molecule has 0 bridgehead atoms. The summed E-state index contributed by atoms with van der Waals surface area (Å²) in [5.41, 5.74) is -1.27. The fourth-order valence-electron chi connectivity index (χ4n) is 0.877. The summed E-state index contributed by atoms with van der Waals surface area (Å²) in [5, 5.41) is 9.44. The number of carbonyl (C=O) groups is 1. The maximum absolute atomic E-state index is 10.8. The van der Waals surface area contributed by atoms with E-state index < -0.39 is 11.6 Å². The van der Waals surface area contributed by atoms with Crippen molar-refractivity contribution < 1.29 is 14.6 Å². The first-order valence-electron chi connectivity index (χ1n) is 4.20. The molecule has 1 aromatic rings. The van der Waals surface area contributed by atoms with Crippen LogP contribution in [0, 0.1) is 0 Å². The second kappa shape index (κ2) is 4.41. The third kappa shape index (κ3) is 3.11. The minimum atomic E-state index is -1.27. The molecule has 0 aromatic heterocycles. The molecular formula is C10H10BrClO3. The standard InChI is InChI=1S/C10H10BrClO3/c1-10(2,9(13)14)15-8-4-3-6(12)5-7(8)11/h3-5H,1-2H3,(H,13,14). The second-order valence-electron chi connectivity index (χ2n) is 3.49. The van der Waals surface area contributed by atoms with E-state index in [2.05, 4.69) is 15.9 Å². The Morgan fingerprint density at radius 1 is 1.53 bits per heavy atom. The number of ether oxygens (including phenoxy) is 1. The van der Waals surface area contributed by atoms with Crippen molar-refractivity contribution in [1.29, 1.82) is 0 Å². The first-order valence-corrected chi connectivity index (χ1v) is 5.37. The number of benzene rings is 1. The third-order valence-electron chi connectivity index (χ3n) is 1.77. The number of carboxylic acid groups (broad SMARTS) is 1. The lowest BCUT2D eigenvalue weighted by molar-refractivity contribution is -0.152. The van der Waals surface area contributed by atoms with Gasteiger partial charge >= 0.3 is 5.97 Å². The van der Waals surface area contributed by atoms with Gasteiger partial charge in [0.05, 0.1) is 4.47 Å². The summed E-state index contributed by atoms with van der Waals surface area (Å²) in [5.74, 6) is -0.573. The van der Waals surface area contributed by atoms with Gasteiger partial charge in [0.1, 0.15) is 5.75 Å². The first-order chi connectivity index (χ1) is 6.83. The van der Waals surface area contributed by atoms with Crippen LogP contribution in [0.2, 0.25) is 5.02 Å². The van der Waals surface area contributed by atoms with E-state index in [1.165, 1.54) is 13.8 Å². The molecule has 0 atom stereocenters. The van der Waals surface area contributed by atoms with Gasteiger partial charge in [0.15, 0.2) is 5.60 Å². The van der Waals surface area contributed by atoms with Crippen molar-refractivity contribution in [3.8, 4) is 5.75 Å². The number of aliphatic carboxylic acids is 1. The zero-order chi connectivity index (χ0) is 11.6. The molecule has 3 nitrogen and oxygen atoms in total. The van der Waals surface area contributed by atoms with Gasteiger partial charge in [-0.1, -0.05) is 11.6 Å². The molecule has 0 aliphatic carbocycles. The van der Waals surface area contributed by atoms with E-state index in [9.17, 15) is 4.79 Å². The molecule has 0 amide bonds. The van der Waals surface area contributed by atoms with Gasteiger partial charge < -0.3 is 9.84 Å². The monoisotopic (exact) mass is 292 g/mol. The molecule has 0 aliphatic rings. The van der Waals surface area contributed by atoms with Crippen LogP contribution in [0.1, 0.15) is 13.8 Å². The van der Waals surface area contributed by atoms with Crippen molar-refractivity contribution in [2.75, 3.05) is 0 Å². The van der Waals surface area contributed by atoms with Crippen molar-refractivity contribution in [2.45, 2.75) is 19.4 Å². The topological polar surface area (TPSA) is 46.5 Å². The van der Waals surface area contributed by atoms with E-state index in [-0.39, 0.29) is 0 Å². The maximum atomic E-state index is 10.8. The first kappa shape index (κ1) is 12.3. The van der Waals surface area contributed by atoms with E-state index in [0.29, 0.717) is 15.2 Å². The van der Waals surface area contributed by atoms with Gasteiger partial charge in [0.25, 0.3) is 0 Å². The molecular weight excluding hydrogens is 283 g/mol. The Kier molecular flexibility index (Phi) is 3.62. The average molecular weight is 294 g/mol. The molecule has 1 N–H and O–H groups in total. The van der Waals surface area contributed by atoms with Crippen LogP contribution >= 0.6 is 27.5 Å². The molecule has 0 saturated heterocycles. The molecule has 1 aromatic carbocycles. The molecule has 0 unspecified atom stereocenters. The molecule has 15 heavy (non-hydrogen) atoms. The van der Waals surface area contributed by atoms with Crippen LogP contribution in [0.15, 0.2) is 22.7 Å². The molecule has 82 valence electrons. The molecule has 0 radical (unpaired) electrons. The van der Waals surface area contributed by atoms with Gasteiger partial charge in [0.2, 0.25) is 0 Å². The normalized spacial score (nSPS) is 11.2. The predicted molar refractivity (Wildman–Crippen MR) is 61.5 cm³/mol. The Morgan fingerprint density at radius 2 is 2.13 bits per heavy atom. The smallest absolute Gasteiger partial charge is 0.347 e. The van der Waals surface area contributed by atoms with Crippen LogP contribution < -0.4 is 4.74 Å². The summed E-state index contributed by atoms with van der Waals surface area (Å²) in [6.07, 6.45) is 0. The molecule has 1 rings (SSSR count). The van der Waals surface area contributed by atoms with Gasteiger partial charge in [-0.2, -0.15) is 0 Å². The lowest BCUT2D eigenvalue weighted by Crippen LogP contribution is -2.37. The van der Waals surface area contributed by atoms with Gasteiger partial charge in [-0.25, -0.2) is 4.79 Å². The molecule has 0 saturated carbocycles. The van der Waals surface area contributed by atoms with Gasteiger partial charge in [0, 0.05) is 5.02 Å². The van der Waals surface area contributed by atoms with Crippen LogP contribution in [-0.2, 0) is 4.79 Å². The summed E-state index contributed by atoms with van der Waals surface area (Å²) in [4.78, 5) is 10.8. The highest BCUT2D eigenvalue weighted by atomic mass is 79.9. The van der Waals surface area contributed by atoms with Gasteiger partial charge in [-0.05, 0) is 48.0 Å². The highest BCUT2D eigenvalue weighted by molar-refractivity contribution is 9.10. The number of carboxylic acids is 1. The Labute approximate surface area is 101 Å². The van der Waals surface area contributed by atoms with Crippen LogP contribution in [-0.4, -0.2) is 16.7 Å². The third-order valence-corrected chi connectivity index (χ3v) is 2.63. The van der Waals surface area contributed by atoms with Crippen molar-refractivity contribution in [1.82, 2.24) is 0 Å². The number of hydrogen-bond donors (Lipinski definition) is 1. The van der Waals surface area contributed by atoms with E-state index in [0.717, 1.165) is 0 Å². The Morgan fingerprint density at radius 3 is 2.60 bits per heavy atom. The number of halogens is 2. The van der Waals surface area contributed by atoms with Crippen molar-refractivity contribution >= 4 is 33.5 Å². The Bertz CT molecular complexity index is 390. The minimum Gasteiger partial charge on any atom is -0.478 e. The number of rotatable bonds is 3. The van der Waals surface area contributed by atoms with Crippen molar-refractivity contribution in [3.05, 3.63) is 27.7 Å². The Hall–Kier alpha value is -0.740. The molecule has 5 heteroatoms. The fourth-order valence-corrected chi connectivity index (χ4v) is 1.64. The van der Waals surface area contributed by atoms with Crippen LogP contribution in [0.3, 0.4) is 0 Å². The summed E-state index contributed by atoms with van der Waals surface area (Å²) in [6.45, 7) is 2.97. The summed E-state index contributed by atoms with van der Waals surface area (Å²) in [7, 11) is 0. The van der Waals surface area contributed by atoms with Gasteiger partial charge in [-0.15, -0.1) is 0 Å². The molecule has 0 spiro atoms. The van der Waals surface area contributed by atoms with Crippen LogP contribution in [0.5, 0.6) is 5.75 Å². The second-order valence-corrected chi connectivity index (χ2v) is 4.78. The van der Waals surface area contributed by atoms with Crippen molar-refractivity contribution in [2.24, 2.45) is 0 Å². The zero-order valence-electron chi connectivity index (χ0n) is 8.25. The zero-order valence-corrected chi connectivity index (χ0v) is 10.6. The van der Waals surface area contributed by atoms with E-state index in [4.69, 9.17) is 21.4 Å². The maximum Gasteiger partial charge on any atom is 0.347 e. The lowest BCUT2D eigenvalue weighted by atomic mass is 10.1. The molecule has 0 heterocycles. The summed E-state index contributed by atoms with van der Waals surface area (Å²) >= 11 is 9.00. The highest BCUT2D eigenvalue weighted by Gasteiger charge is 2.29. The number of hydrogen-bond acceptors (Lipinski definition) is 2. The van der Waals surface area contributed by atoms with Gasteiger partial charge in [-0.3, -0.25) is 0 Å². The fraction of sp³-hybridized carbons (Fsp3) is 0.300. The molecule has 0 fully saturated rings. The lowest BCUT2D eigenvalue weighted by Gasteiger charge is -2.22. The van der Waals surface area contributed by atoms with Crippen LogP contribution in [0.4, 0.5) is 0 Å². The summed E-state index contributed by atoms with van der Waals surface area (Å²) in [6, 6.07) is 4.91.